The van der Waals surface area contributed by atoms with Crippen LogP contribution in [0, 0.1) is 11.8 Å². The van der Waals surface area contributed by atoms with E-state index in [1.807, 2.05) is 13.8 Å². The van der Waals surface area contributed by atoms with Crippen molar-refractivity contribution in [2.45, 2.75) is 52.9 Å². The third-order valence-corrected chi connectivity index (χ3v) is 3.24. The van der Waals surface area contributed by atoms with Gasteiger partial charge in [-0.2, -0.15) is 0 Å². The highest BCUT2D eigenvalue weighted by atomic mass is 16.7. The highest BCUT2D eigenvalue weighted by Gasteiger charge is 2.24. The Morgan fingerprint density at radius 1 is 1.00 bits per heavy atom. The van der Waals surface area contributed by atoms with Crippen molar-refractivity contribution in [3.8, 4) is 0 Å². The molecular weight excluding hydrogens is 332 g/mol. The van der Waals surface area contributed by atoms with Crippen LogP contribution in [0.15, 0.2) is 0 Å². The summed E-state index contributed by atoms with van der Waals surface area (Å²) < 4.78 is 24.4. The average Bonchev–Trinajstić information content (AvgIpc) is 3.26. The van der Waals surface area contributed by atoms with Crippen LogP contribution in [0.5, 0.6) is 0 Å². The first-order valence-corrected chi connectivity index (χ1v) is 8.55. The molecule has 0 radical (unpaired) electrons. The van der Waals surface area contributed by atoms with Crippen LogP contribution in [0.25, 0.3) is 0 Å². The molecule has 144 valence electrons. The minimum absolute atomic E-state index is 0.0414. The Bertz CT molecular complexity index is 436. The first-order chi connectivity index (χ1) is 11.8. The molecule has 0 N–H and O–H groups in total. The summed E-state index contributed by atoms with van der Waals surface area (Å²) in [7, 11) is 0. The Labute approximate surface area is 148 Å². The van der Waals surface area contributed by atoms with Gasteiger partial charge in [0.2, 0.25) is 6.29 Å². The van der Waals surface area contributed by atoms with Gasteiger partial charge in [-0.15, -0.1) is 0 Å². The zero-order valence-electron chi connectivity index (χ0n) is 15.3. The minimum Gasteiger partial charge on any atom is -0.460 e. The first-order valence-electron chi connectivity index (χ1n) is 8.55. The Hall–Kier alpha value is -1.67. The molecule has 0 aromatic rings. The average molecular weight is 360 g/mol. The smallest absolute Gasteiger partial charge is 0.344 e. The van der Waals surface area contributed by atoms with Crippen molar-refractivity contribution in [1.82, 2.24) is 0 Å². The molecule has 0 bridgehead atoms. The van der Waals surface area contributed by atoms with Crippen LogP contribution >= 0.6 is 0 Å². The molecule has 0 aliphatic carbocycles. The summed E-state index contributed by atoms with van der Waals surface area (Å²) in [5.41, 5.74) is 0. The normalized spacial score (nSPS) is 21.4. The third-order valence-electron chi connectivity index (χ3n) is 3.24. The molecule has 2 unspecified atom stereocenters. The minimum atomic E-state index is -0.533. The van der Waals surface area contributed by atoms with E-state index in [-0.39, 0.29) is 43.4 Å². The predicted molar refractivity (Wildman–Crippen MR) is 86.4 cm³/mol. The van der Waals surface area contributed by atoms with E-state index in [1.165, 1.54) is 0 Å². The van der Waals surface area contributed by atoms with Crippen molar-refractivity contribution in [3.05, 3.63) is 0 Å². The van der Waals surface area contributed by atoms with Crippen molar-refractivity contribution >= 4 is 17.9 Å². The first kappa shape index (κ1) is 21.4. The van der Waals surface area contributed by atoms with Gasteiger partial charge in [-0.05, 0) is 6.42 Å². The van der Waals surface area contributed by atoms with Crippen LogP contribution in [0.1, 0.15) is 40.5 Å². The maximum absolute atomic E-state index is 11.0. The Morgan fingerprint density at radius 2 is 1.64 bits per heavy atom. The maximum Gasteiger partial charge on any atom is 0.344 e. The number of carbonyl (C=O) groups is 3. The molecule has 0 spiro atoms. The van der Waals surface area contributed by atoms with Gasteiger partial charge in [0.1, 0.15) is 12.7 Å². The van der Waals surface area contributed by atoms with E-state index >= 15 is 0 Å². The topological polar surface area (TPSA) is 101 Å². The molecule has 2 fully saturated rings. The molecule has 2 rings (SSSR count). The maximum atomic E-state index is 11.0. The van der Waals surface area contributed by atoms with Crippen molar-refractivity contribution in [2.75, 3.05) is 26.4 Å². The van der Waals surface area contributed by atoms with Crippen LogP contribution in [0.3, 0.4) is 0 Å². The van der Waals surface area contributed by atoms with Gasteiger partial charge in [-0.1, -0.05) is 27.7 Å². The lowest BCUT2D eigenvalue weighted by Crippen LogP contribution is -2.20. The fourth-order valence-corrected chi connectivity index (χ4v) is 1.60. The van der Waals surface area contributed by atoms with E-state index in [2.05, 4.69) is 4.74 Å². The van der Waals surface area contributed by atoms with E-state index in [1.54, 1.807) is 13.8 Å². The van der Waals surface area contributed by atoms with E-state index in [4.69, 9.17) is 18.9 Å². The Morgan fingerprint density at radius 3 is 2.12 bits per heavy atom. The second-order valence-electron chi connectivity index (χ2n) is 6.43. The molecule has 2 saturated heterocycles. The van der Waals surface area contributed by atoms with Crippen molar-refractivity contribution in [2.24, 2.45) is 11.8 Å². The van der Waals surface area contributed by atoms with Gasteiger partial charge in [0.05, 0.1) is 25.0 Å². The molecule has 8 heteroatoms. The fourth-order valence-electron chi connectivity index (χ4n) is 1.60. The SMILES string of the molecule is CC(C)C(=O)OC1CCCO1.CC(C)C(=O)OCC(=O)OCC1CO1. The highest BCUT2D eigenvalue weighted by molar-refractivity contribution is 5.77. The quantitative estimate of drug-likeness (QED) is 0.382. The van der Waals surface area contributed by atoms with Gasteiger partial charge in [0.15, 0.2) is 6.61 Å². The predicted octanol–water partition coefficient (Wildman–Crippen LogP) is 1.45. The largest absolute Gasteiger partial charge is 0.460 e. The lowest BCUT2D eigenvalue weighted by molar-refractivity contribution is -0.173. The molecule has 2 aliphatic heterocycles. The highest BCUT2D eigenvalue weighted by Crippen LogP contribution is 2.14. The monoisotopic (exact) mass is 360 g/mol. The van der Waals surface area contributed by atoms with Crippen molar-refractivity contribution in [3.63, 3.8) is 0 Å². The number of ether oxygens (including phenoxy) is 5. The second-order valence-corrected chi connectivity index (χ2v) is 6.43. The van der Waals surface area contributed by atoms with E-state index < -0.39 is 11.9 Å². The van der Waals surface area contributed by atoms with Crippen LogP contribution in [0.2, 0.25) is 0 Å². The summed E-state index contributed by atoms with van der Waals surface area (Å²) in [5.74, 6) is -1.38. The lowest BCUT2D eigenvalue weighted by atomic mass is 10.2. The van der Waals surface area contributed by atoms with Gasteiger partial charge in [-0.3, -0.25) is 9.59 Å². The number of epoxide rings is 1. The third kappa shape index (κ3) is 10.0. The van der Waals surface area contributed by atoms with Gasteiger partial charge in [0.25, 0.3) is 0 Å². The zero-order valence-corrected chi connectivity index (χ0v) is 15.3. The standard InChI is InChI=1S/C9H14O5.C8H14O3/c1-6(2)9(11)14-5-8(10)13-4-7-3-12-7;1-6(2)8(9)11-7-4-3-5-10-7/h6-7H,3-5H2,1-2H3;6-7H,3-5H2,1-2H3. The van der Waals surface area contributed by atoms with Crippen molar-refractivity contribution in [1.29, 1.82) is 0 Å². The number of rotatable bonds is 7. The summed E-state index contributed by atoms with van der Waals surface area (Å²) in [4.78, 5) is 32.9. The van der Waals surface area contributed by atoms with Crippen LogP contribution in [-0.2, 0) is 38.1 Å². The van der Waals surface area contributed by atoms with Gasteiger partial charge in [-0.25, -0.2) is 4.79 Å². The molecule has 25 heavy (non-hydrogen) atoms. The Kier molecular flexibility index (Phi) is 9.44. The molecule has 2 atom stereocenters. The molecule has 8 nitrogen and oxygen atoms in total. The molecule has 0 amide bonds. The van der Waals surface area contributed by atoms with Crippen LogP contribution in [-0.4, -0.2) is 56.7 Å². The molecule has 0 aromatic carbocycles. The van der Waals surface area contributed by atoms with Gasteiger partial charge in [0, 0.05) is 6.42 Å². The van der Waals surface area contributed by atoms with Gasteiger partial charge >= 0.3 is 17.9 Å². The van der Waals surface area contributed by atoms with Crippen molar-refractivity contribution < 1.29 is 38.1 Å². The van der Waals surface area contributed by atoms with E-state index in [0.29, 0.717) is 6.61 Å². The summed E-state index contributed by atoms with van der Waals surface area (Å²) in [6.45, 7) is 8.32. The fraction of sp³-hybridized carbons (Fsp3) is 0.824. The van der Waals surface area contributed by atoms with Crippen LogP contribution < -0.4 is 0 Å². The van der Waals surface area contributed by atoms with E-state index in [0.717, 1.165) is 19.4 Å². The molecule has 0 saturated carbocycles. The molecule has 2 aliphatic rings. The second kappa shape index (κ2) is 11.0. The van der Waals surface area contributed by atoms with Gasteiger partial charge < -0.3 is 23.7 Å². The number of esters is 3. The summed E-state index contributed by atoms with van der Waals surface area (Å²) in [6, 6.07) is 0. The summed E-state index contributed by atoms with van der Waals surface area (Å²) >= 11 is 0. The summed E-state index contributed by atoms with van der Waals surface area (Å²) in [6.07, 6.45) is 1.61. The molecule has 0 aromatic heterocycles. The summed E-state index contributed by atoms with van der Waals surface area (Å²) in [5, 5.41) is 0. The van der Waals surface area contributed by atoms with Crippen LogP contribution in [0.4, 0.5) is 0 Å². The number of hydrogen-bond donors (Lipinski definition) is 0. The number of carbonyl (C=O) groups excluding carboxylic acids is 3. The molecular formula is C17H28O8. The molecule has 2 heterocycles. The zero-order chi connectivity index (χ0) is 18.8. The lowest BCUT2D eigenvalue weighted by Gasteiger charge is -2.12. The number of hydrogen-bond acceptors (Lipinski definition) is 8. The Balaban J connectivity index is 0.000000257. The van der Waals surface area contributed by atoms with E-state index in [9.17, 15) is 14.4 Å².